The Bertz CT molecular complexity index is 708. The molecule has 120 valence electrons. The number of hydrogen-bond acceptors (Lipinski definition) is 6. The maximum Gasteiger partial charge on any atom is 0.248 e. The molecule has 1 amide bonds. The maximum absolute atomic E-state index is 12.1. The van der Waals surface area contributed by atoms with E-state index in [1.54, 1.807) is 23.6 Å². The Morgan fingerprint density at radius 1 is 1.43 bits per heavy atom. The van der Waals surface area contributed by atoms with E-state index < -0.39 is 0 Å². The first-order valence-electron chi connectivity index (χ1n) is 7.41. The molecule has 2 aromatic rings. The molecule has 1 saturated heterocycles. The van der Waals surface area contributed by atoms with Gasteiger partial charge in [0.1, 0.15) is 0 Å². The van der Waals surface area contributed by atoms with Crippen LogP contribution < -0.4 is 10.2 Å². The zero-order valence-electron chi connectivity index (χ0n) is 12.9. The molecular formula is C16H18N4O2S. The van der Waals surface area contributed by atoms with Crippen molar-refractivity contribution >= 4 is 34.8 Å². The zero-order valence-corrected chi connectivity index (χ0v) is 13.7. The smallest absolute Gasteiger partial charge is 0.248 e. The minimum Gasteiger partial charge on any atom is -0.378 e. The molecule has 0 bridgehead atoms. The third-order valence-electron chi connectivity index (χ3n) is 3.40. The summed E-state index contributed by atoms with van der Waals surface area (Å²) in [5.41, 5.74) is 1.50. The van der Waals surface area contributed by atoms with Gasteiger partial charge in [0.05, 0.1) is 29.6 Å². The number of pyridine rings is 1. The van der Waals surface area contributed by atoms with Gasteiger partial charge in [0, 0.05) is 30.7 Å². The van der Waals surface area contributed by atoms with E-state index in [-0.39, 0.29) is 5.91 Å². The number of nitrogens with one attached hydrogen (secondary N) is 1. The van der Waals surface area contributed by atoms with E-state index in [2.05, 4.69) is 20.2 Å². The molecule has 0 atom stereocenters. The van der Waals surface area contributed by atoms with Crippen LogP contribution in [0.3, 0.4) is 0 Å². The molecule has 1 N–H and O–H groups in total. The number of thiazole rings is 1. The molecule has 1 fully saturated rings. The highest BCUT2D eigenvalue weighted by Crippen LogP contribution is 2.23. The van der Waals surface area contributed by atoms with Crippen molar-refractivity contribution in [3.8, 4) is 0 Å². The van der Waals surface area contributed by atoms with Crippen LogP contribution in [0.15, 0.2) is 29.8 Å². The normalized spacial score (nSPS) is 15.1. The predicted octanol–water partition coefficient (Wildman–Crippen LogP) is 2.34. The third kappa shape index (κ3) is 4.14. The van der Waals surface area contributed by atoms with Crippen LogP contribution in [-0.4, -0.2) is 42.2 Å². The summed E-state index contributed by atoms with van der Waals surface area (Å²) in [4.78, 5) is 22.9. The van der Waals surface area contributed by atoms with Gasteiger partial charge in [-0.1, -0.05) is 0 Å². The van der Waals surface area contributed by atoms with Gasteiger partial charge in [-0.15, -0.1) is 11.3 Å². The summed E-state index contributed by atoms with van der Waals surface area (Å²) in [6, 6.07) is 3.67. The highest BCUT2D eigenvalue weighted by molar-refractivity contribution is 7.09. The number of anilines is 2. The number of ether oxygens (including phenoxy) is 1. The van der Waals surface area contributed by atoms with Gasteiger partial charge in [-0.25, -0.2) is 9.97 Å². The van der Waals surface area contributed by atoms with Crippen molar-refractivity contribution in [1.29, 1.82) is 0 Å². The first kappa shape index (κ1) is 15.6. The van der Waals surface area contributed by atoms with Gasteiger partial charge in [0.15, 0.2) is 5.82 Å². The molecule has 0 radical (unpaired) electrons. The van der Waals surface area contributed by atoms with E-state index in [0.29, 0.717) is 18.9 Å². The Balaban J connectivity index is 1.69. The fourth-order valence-corrected chi connectivity index (χ4v) is 2.89. The van der Waals surface area contributed by atoms with Crippen molar-refractivity contribution < 1.29 is 9.53 Å². The summed E-state index contributed by atoms with van der Waals surface area (Å²) in [6.07, 6.45) is 4.93. The number of morpholine rings is 1. The summed E-state index contributed by atoms with van der Waals surface area (Å²) < 4.78 is 5.36. The number of nitrogens with zero attached hydrogens (tertiary/aromatic N) is 3. The highest BCUT2D eigenvalue weighted by Gasteiger charge is 2.16. The van der Waals surface area contributed by atoms with E-state index in [0.717, 1.165) is 29.6 Å². The first-order chi connectivity index (χ1) is 11.2. The van der Waals surface area contributed by atoms with E-state index in [1.807, 2.05) is 24.4 Å². The minimum absolute atomic E-state index is 0.196. The number of aromatic nitrogens is 2. The molecule has 6 nitrogen and oxygen atoms in total. The molecule has 3 heterocycles. The lowest BCUT2D eigenvalue weighted by molar-refractivity contribution is -0.111. The molecule has 7 heteroatoms. The standard InChI is InChI=1S/C16H18N4O2S/c1-12-18-13(11-23-12)4-5-15(21)19-14-3-2-6-17-16(14)20-7-9-22-10-8-20/h2-6,11H,7-10H2,1H3,(H,19,21). The number of hydrogen-bond donors (Lipinski definition) is 1. The van der Waals surface area contributed by atoms with Crippen LogP contribution in [0.5, 0.6) is 0 Å². The largest absolute Gasteiger partial charge is 0.378 e. The van der Waals surface area contributed by atoms with Gasteiger partial charge >= 0.3 is 0 Å². The first-order valence-corrected chi connectivity index (χ1v) is 8.29. The molecule has 0 aromatic carbocycles. The van der Waals surface area contributed by atoms with Crippen molar-refractivity contribution in [2.45, 2.75) is 6.92 Å². The van der Waals surface area contributed by atoms with Gasteiger partial charge in [-0.05, 0) is 25.1 Å². The monoisotopic (exact) mass is 330 g/mol. The predicted molar refractivity (Wildman–Crippen MR) is 91.8 cm³/mol. The molecule has 0 unspecified atom stereocenters. The van der Waals surface area contributed by atoms with Gasteiger partial charge in [-0.2, -0.15) is 0 Å². The Morgan fingerprint density at radius 3 is 3.00 bits per heavy atom. The maximum atomic E-state index is 12.1. The van der Waals surface area contributed by atoms with Gasteiger partial charge in [0.25, 0.3) is 0 Å². The molecule has 2 aromatic heterocycles. The number of rotatable bonds is 4. The Kier molecular flexibility index (Phi) is 4.99. The second kappa shape index (κ2) is 7.34. The number of amides is 1. The molecule has 0 spiro atoms. The summed E-state index contributed by atoms with van der Waals surface area (Å²) >= 11 is 1.56. The Labute approximate surface area is 138 Å². The molecule has 23 heavy (non-hydrogen) atoms. The third-order valence-corrected chi connectivity index (χ3v) is 4.19. The molecular weight excluding hydrogens is 312 g/mol. The topological polar surface area (TPSA) is 67.4 Å². The molecule has 0 aliphatic carbocycles. The average Bonchev–Trinajstić information content (AvgIpc) is 3.00. The summed E-state index contributed by atoms with van der Waals surface area (Å²) in [5.74, 6) is 0.584. The van der Waals surface area contributed by atoms with Gasteiger partial charge in [-0.3, -0.25) is 4.79 Å². The number of carbonyl (C=O) groups is 1. The van der Waals surface area contributed by atoms with Gasteiger partial charge in [0.2, 0.25) is 5.91 Å². The van der Waals surface area contributed by atoms with Crippen molar-refractivity contribution in [2.75, 3.05) is 36.5 Å². The van der Waals surface area contributed by atoms with Crippen molar-refractivity contribution in [1.82, 2.24) is 9.97 Å². The van der Waals surface area contributed by atoms with E-state index in [1.165, 1.54) is 6.08 Å². The van der Waals surface area contributed by atoms with Gasteiger partial charge < -0.3 is 15.0 Å². The van der Waals surface area contributed by atoms with Crippen LogP contribution in [0.1, 0.15) is 10.7 Å². The van der Waals surface area contributed by atoms with Crippen LogP contribution in [0, 0.1) is 6.92 Å². The SMILES string of the molecule is Cc1nc(C=CC(=O)Nc2cccnc2N2CCOCC2)cs1. The Hall–Kier alpha value is -2.25. The quantitative estimate of drug-likeness (QED) is 0.872. The Morgan fingerprint density at radius 2 is 2.26 bits per heavy atom. The van der Waals surface area contributed by atoms with E-state index >= 15 is 0 Å². The van der Waals surface area contributed by atoms with E-state index in [4.69, 9.17) is 4.74 Å². The van der Waals surface area contributed by atoms with Crippen LogP contribution in [0.25, 0.3) is 6.08 Å². The average molecular weight is 330 g/mol. The highest BCUT2D eigenvalue weighted by atomic mass is 32.1. The zero-order chi connectivity index (χ0) is 16.1. The minimum atomic E-state index is -0.196. The summed E-state index contributed by atoms with van der Waals surface area (Å²) in [7, 11) is 0. The summed E-state index contributed by atoms with van der Waals surface area (Å²) in [6.45, 7) is 4.83. The van der Waals surface area contributed by atoms with Crippen LogP contribution in [0.4, 0.5) is 11.5 Å². The molecule has 1 aliphatic heterocycles. The fourth-order valence-electron chi connectivity index (χ4n) is 2.31. The van der Waals surface area contributed by atoms with Crippen LogP contribution in [0.2, 0.25) is 0 Å². The van der Waals surface area contributed by atoms with Crippen LogP contribution >= 0.6 is 11.3 Å². The van der Waals surface area contributed by atoms with E-state index in [9.17, 15) is 4.79 Å². The lowest BCUT2D eigenvalue weighted by Crippen LogP contribution is -2.37. The van der Waals surface area contributed by atoms with Crippen molar-refractivity contribution in [2.24, 2.45) is 0 Å². The second-order valence-electron chi connectivity index (χ2n) is 5.09. The van der Waals surface area contributed by atoms with Crippen molar-refractivity contribution in [3.05, 3.63) is 40.5 Å². The lowest BCUT2D eigenvalue weighted by atomic mass is 10.3. The fraction of sp³-hybridized carbons (Fsp3) is 0.312. The number of carbonyl (C=O) groups excluding carboxylic acids is 1. The number of aryl methyl sites for hydroxylation is 1. The second-order valence-corrected chi connectivity index (χ2v) is 6.15. The molecule has 0 saturated carbocycles. The van der Waals surface area contributed by atoms with Crippen molar-refractivity contribution in [3.63, 3.8) is 0 Å². The summed E-state index contributed by atoms with van der Waals surface area (Å²) in [5, 5.41) is 5.79. The lowest BCUT2D eigenvalue weighted by Gasteiger charge is -2.29. The molecule has 1 aliphatic rings. The van der Waals surface area contributed by atoms with Crippen LogP contribution in [-0.2, 0) is 9.53 Å². The molecule has 3 rings (SSSR count).